The first-order valence-electron chi connectivity index (χ1n) is 8.13. The van der Waals surface area contributed by atoms with Crippen LogP contribution in [-0.4, -0.2) is 16.6 Å². The molecule has 0 saturated heterocycles. The van der Waals surface area contributed by atoms with Gasteiger partial charge in [-0.05, 0) is 48.2 Å². The molecule has 4 rings (SSSR count). The van der Waals surface area contributed by atoms with Gasteiger partial charge in [-0.2, -0.15) is 5.10 Å². The van der Waals surface area contributed by atoms with E-state index in [-0.39, 0.29) is 11.8 Å². The van der Waals surface area contributed by atoms with Crippen molar-refractivity contribution in [2.45, 2.75) is 26.2 Å². The molecule has 4 nitrogen and oxygen atoms in total. The summed E-state index contributed by atoms with van der Waals surface area (Å²) in [5, 5.41) is 5.39. The quantitative estimate of drug-likeness (QED) is 0.742. The van der Waals surface area contributed by atoms with E-state index in [0.717, 1.165) is 27.7 Å². The van der Waals surface area contributed by atoms with E-state index in [1.54, 1.807) is 0 Å². The number of aromatic amines is 1. The molecule has 4 heteroatoms. The zero-order valence-electron chi connectivity index (χ0n) is 13.8. The fraction of sp³-hybridized carbons (Fsp3) is 0.200. The number of aryl methyl sites for hydroxylation is 2. The van der Waals surface area contributed by atoms with Gasteiger partial charge >= 0.3 is 0 Å². The number of hydrogen-bond donors (Lipinski definition) is 2. The molecule has 24 heavy (non-hydrogen) atoms. The highest BCUT2D eigenvalue weighted by molar-refractivity contribution is 6.07. The first-order valence-corrected chi connectivity index (χ1v) is 8.13. The van der Waals surface area contributed by atoms with Crippen molar-refractivity contribution in [1.82, 2.24) is 10.4 Å². The van der Waals surface area contributed by atoms with E-state index in [4.69, 9.17) is 0 Å². The lowest BCUT2D eigenvalue weighted by Gasteiger charge is -2.21. The van der Waals surface area contributed by atoms with Crippen LogP contribution in [-0.2, 0) is 4.79 Å². The average Bonchev–Trinajstić information content (AvgIpc) is 3.02. The maximum atomic E-state index is 12.4. The lowest BCUT2D eigenvalue weighted by molar-refractivity contribution is -0.122. The fourth-order valence-electron chi connectivity index (χ4n) is 3.27. The Kier molecular flexibility index (Phi) is 3.45. The number of nitrogens with one attached hydrogen (secondary N) is 2. The molecule has 2 aromatic carbocycles. The molecule has 1 atom stereocenters. The van der Waals surface area contributed by atoms with Crippen molar-refractivity contribution in [3.8, 4) is 0 Å². The van der Waals surface area contributed by atoms with Crippen molar-refractivity contribution in [2.75, 3.05) is 0 Å². The van der Waals surface area contributed by atoms with E-state index in [2.05, 4.69) is 53.6 Å². The predicted molar refractivity (Wildman–Crippen MR) is 96.3 cm³/mol. The van der Waals surface area contributed by atoms with Crippen LogP contribution in [0, 0.1) is 13.8 Å². The molecule has 0 fully saturated rings. The number of amides is 1. The summed E-state index contributed by atoms with van der Waals surface area (Å²) in [6.07, 6.45) is 2.55. The van der Waals surface area contributed by atoms with E-state index >= 15 is 0 Å². The van der Waals surface area contributed by atoms with Crippen LogP contribution in [0.25, 0.3) is 10.9 Å². The van der Waals surface area contributed by atoms with Gasteiger partial charge in [-0.1, -0.05) is 30.3 Å². The molecular formula is C20H19N3O. The third-order valence-electron chi connectivity index (χ3n) is 4.85. The molecule has 1 unspecified atom stereocenters. The molecule has 1 aromatic heterocycles. The second-order valence-electron chi connectivity index (χ2n) is 6.38. The second kappa shape index (κ2) is 5.64. The van der Waals surface area contributed by atoms with Crippen LogP contribution in [0.3, 0.4) is 0 Å². The first kappa shape index (κ1) is 14.7. The minimum atomic E-state index is -0.227. The Morgan fingerprint density at radius 3 is 2.75 bits per heavy atom. The van der Waals surface area contributed by atoms with Gasteiger partial charge in [0.1, 0.15) is 0 Å². The van der Waals surface area contributed by atoms with Crippen LogP contribution < -0.4 is 5.43 Å². The summed E-state index contributed by atoms with van der Waals surface area (Å²) >= 11 is 0. The second-order valence-corrected chi connectivity index (χ2v) is 6.38. The number of fused-ring (bicyclic) bond motifs is 1. The molecule has 1 amide bonds. The van der Waals surface area contributed by atoms with Gasteiger partial charge in [0.15, 0.2) is 0 Å². The summed E-state index contributed by atoms with van der Waals surface area (Å²) in [6.45, 7) is 4.19. The van der Waals surface area contributed by atoms with Crippen LogP contribution in [0.5, 0.6) is 0 Å². The Morgan fingerprint density at radius 2 is 1.92 bits per heavy atom. The van der Waals surface area contributed by atoms with Crippen molar-refractivity contribution in [3.63, 3.8) is 0 Å². The molecule has 1 aliphatic rings. The SMILES string of the molecule is Cc1ccc(C2=NNC(=O)C(c3c[nH]c4ccccc34)C2)cc1C. The highest BCUT2D eigenvalue weighted by Gasteiger charge is 2.29. The minimum Gasteiger partial charge on any atom is -0.361 e. The molecule has 0 bridgehead atoms. The zero-order chi connectivity index (χ0) is 16.7. The maximum absolute atomic E-state index is 12.4. The number of benzene rings is 2. The summed E-state index contributed by atoms with van der Waals surface area (Å²) in [5.41, 5.74) is 9.27. The first-order chi connectivity index (χ1) is 11.6. The molecule has 0 aliphatic carbocycles. The number of rotatable bonds is 2. The van der Waals surface area contributed by atoms with Crippen LogP contribution in [0.15, 0.2) is 53.8 Å². The fourth-order valence-corrected chi connectivity index (χ4v) is 3.27. The topological polar surface area (TPSA) is 57.2 Å². The van der Waals surface area contributed by atoms with E-state index < -0.39 is 0 Å². The number of carbonyl (C=O) groups is 1. The van der Waals surface area contributed by atoms with Crippen molar-refractivity contribution in [1.29, 1.82) is 0 Å². The van der Waals surface area contributed by atoms with Gasteiger partial charge in [-0.3, -0.25) is 4.79 Å². The van der Waals surface area contributed by atoms with Gasteiger partial charge in [-0.25, -0.2) is 5.43 Å². The molecule has 120 valence electrons. The van der Waals surface area contributed by atoms with Crippen LogP contribution >= 0.6 is 0 Å². The molecule has 3 aromatic rings. The van der Waals surface area contributed by atoms with Gasteiger partial charge < -0.3 is 4.98 Å². The summed E-state index contributed by atoms with van der Waals surface area (Å²) < 4.78 is 0. The molecule has 2 heterocycles. The number of aromatic nitrogens is 1. The summed E-state index contributed by atoms with van der Waals surface area (Å²) in [6, 6.07) is 14.4. The van der Waals surface area contributed by atoms with E-state index in [1.165, 1.54) is 11.1 Å². The molecule has 1 aliphatic heterocycles. The number of carbonyl (C=O) groups excluding carboxylic acids is 1. The zero-order valence-corrected chi connectivity index (χ0v) is 13.8. The van der Waals surface area contributed by atoms with Crippen LogP contribution in [0.1, 0.15) is 34.6 Å². The monoisotopic (exact) mass is 317 g/mol. The Balaban J connectivity index is 1.72. The van der Waals surface area contributed by atoms with Crippen LogP contribution in [0.2, 0.25) is 0 Å². The van der Waals surface area contributed by atoms with Gasteiger partial charge in [0.05, 0.1) is 11.6 Å². The number of hydrazone groups is 1. The number of para-hydroxylation sites is 1. The summed E-state index contributed by atoms with van der Waals surface area (Å²) in [5.74, 6) is -0.275. The van der Waals surface area contributed by atoms with E-state index in [9.17, 15) is 4.79 Å². The number of hydrogen-bond acceptors (Lipinski definition) is 2. The van der Waals surface area contributed by atoms with Crippen molar-refractivity contribution in [2.24, 2.45) is 5.10 Å². The molecule has 0 saturated carbocycles. The van der Waals surface area contributed by atoms with E-state index in [0.29, 0.717) is 6.42 Å². The van der Waals surface area contributed by atoms with Crippen LogP contribution in [0.4, 0.5) is 0 Å². The summed E-state index contributed by atoms with van der Waals surface area (Å²) in [4.78, 5) is 15.7. The van der Waals surface area contributed by atoms with Crippen molar-refractivity contribution < 1.29 is 4.79 Å². The van der Waals surface area contributed by atoms with Gasteiger partial charge in [0, 0.05) is 23.5 Å². The Labute approximate surface area is 140 Å². The lowest BCUT2D eigenvalue weighted by Crippen LogP contribution is -2.33. The maximum Gasteiger partial charge on any atom is 0.248 e. The molecular weight excluding hydrogens is 298 g/mol. The van der Waals surface area contributed by atoms with Gasteiger partial charge in [0.25, 0.3) is 0 Å². The highest BCUT2D eigenvalue weighted by atomic mass is 16.2. The Hall–Kier alpha value is -2.88. The largest absolute Gasteiger partial charge is 0.361 e. The Morgan fingerprint density at radius 1 is 1.08 bits per heavy atom. The smallest absolute Gasteiger partial charge is 0.248 e. The molecule has 0 radical (unpaired) electrons. The number of H-pyrrole nitrogens is 1. The van der Waals surface area contributed by atoms with E-state index in [1.807, 2.05) is 24.4 Å². The minimum absolute atomic E-state index is 0.0488. The third-order valence-corrected chi connectivity index (χ3v) is 4.85. The molecule has 2 N–H and O–H groups in total. The van der Waals surface area contributed by atoms with Crippen molar-refractivity contribution >= 4 is 22.5 Å². The number of nitrogens with zero attached hydrogens (tertiary/aromatic N) is 1. The standard InChI is InChI=1S/C20H19N3O/c1-12-7-8-14(9-13(12)2)19-10-16(20(24)23-22-19)17-11-21-18-6-4-3-5-15(17)18/h3-9,11,16,21H,10H2,1-2H3,(H,23,24). The Bertz CT molecular complexity index is 968. The third kappa shape index (κ3) is 2.40. The lowest BCUT2D eigenvalue weighted by atomic mass is 9.88. The predicted octanol–water partition coefficient (Wildman–Crippen LogP) is 3.79. The van der Waals surface area contributed by atoms with Gasteiger partial charge in [-0.15, -0.1) is 0 Å². The van der Waals surface area contributed by atoms with Gasteiger partial charge in [0.2, 0.25) is 5.91 Å². The normalized spacial score (nSPS) is 17.7. The molecule has 0 spiro atoms. The summed E-state index contributed by atoms with van der Waals surface area (Å²) in [7, 11) is 0. The van der Waals surface area contributed by atoms with Crippen molar-refractivity contribution in [3.05, 3.63) is 70.9 Å². The highest BCUT2D eigenvalue weighted by Crippen LogP contribution is 2.31. The average molecular weight is 317 g/mol.